The van der Waals surface area contributed by atoms with Gasteiger partial charge in [0.1, 0.15) is 6.54 Å². The molecule has 18 heavy (non-hydrogen) atoms. The summed E-state index contributed by atoms with van der Waals surface area (Å²) in [6.07, 6.45) is 5.32. The first-order chi connectivity index (χ1) is 8.72. The Morgan fingerprint density at radius 1 is 1.28 bits per heavy atom. The van der Waals surface area contributed by atoms with Crippen molar-refractivity contribution in [3.63, 3.8) is 0 Å². The molecular formula is C15H16N2O. The molecule has 0 atom stereocenters. The molecule has 1 aliphatic rings. The highest BCUT2D eigenvalue weighted by Gasteiger charge is 2.14. The summed E-state index contributed by atoms with van der Waals surface area (Å²) in [5.41, 5.74) is 4.50. The number of carbonyl (C=O) groups is 1. The fourth-order valence-electron chi connectivity index (χ4n) is 2.53. The summed E-state index contributed by atoms with van der Waals surface area (Å²) in [5.74, 6) is 0.132. The van der Waals surface area contributed by atoms with Gasteiger partial charge in [0.05, 0.1) is 5.69 Å². The van der Waals surface area contributed by atoms with Crippen molar-refractivity contribution < 1.29 is 4.79 Å². The van der Waals surface area contributed by atoms with Crippen molar-refractivity contribution >= 4 is 5.78 Å². The molecule has 92 valence electrons. The van der Waals surface area contributed by atoms with Gasteiger partial charge >= 0.3 is 0 Å². The first-order valence-electron chi connectivity index (χ1n) is 6.37. The second-order valence-corrected chi connectivity index (χ2v) is 4.91. The number of Topliss-reactive ketones (excluding diaryl/α,β-unsaturated/α-hetero) is 1. The predicted octanol–water partition coefficient (Wildman–Crippen LogP) is 2.56. The first kappa shape index (κ1) is 11.2. The number of hydrogen-bond acceptors (Lipinski definition) is 2. The molecule has 1 aromatic carbocycles. The minimum Gasteiger partial charge on any atom is -0.292 e. The summed E-state index contributed by atoms with van der Waals surface area (Å²) in [4.78, 5) is 12.2. The number of benzene rings is 1. The predicted molar refractivity (Wildman–Crippen MR) is 69.8 cm³/mol. The second kappa shape index (κ2) is 4.41. The molecule has 1 aromatic heterocycles. The van der Waals surface area contributed by atoms with E-state index in [-0.39, 0.29) is 5.78 Å². The summed E-state index contributed by atoms with van der Waals surface area (Å²) in [5, 5.41) is 4.24. The molecule has 2 aromatic rings. The average Bonchev–Trinajstić information content (AvgIpc) is 2.96. The number of ketones is 1. The van der Waals surface area contributed by atoms with E-state index in [4.69, 9.17) is 0 Å². The normalized spacial score (nSPS) is 13.6. The summed E-state index contributed by atoms with van der Waals surface area (Å²) >= 11 is 0. The lowest BCUT2D eigenvalue weighted by molar-refractivity contribution is 0.0967. The van der Waals surface area contributed by atoms with Crippen LogP contribution in [0.5, 0.6) is 0 Å². The minimum atomic E-state index is 0.132. The maximum Gasteiger partial charge on any atom is 0.184 e. The van der Waals surface area contributed by atoms with E-state index >= 15 is 0 Å². The highest BCUT2D eigenvalue weighted by atomic mass is 16.1. The van der Waals surface area contributed by atoms with Crippen molar-refractivity contribution in [2.75, 3.05) is 0 Å². The van der Waals surface area contributed by atoms with Gasteiger partial charge in [-0.15, -0.1) is 0 Å². The maximum absolute atomic E-state index is 12.2. The molecule has 0 spiro atoms. The lowest BCUT2D eigenvalue weighted by atomic mass is 10.0. The van der Waals surface area contributed by atoms with E-state index in [1.807, 2.05) is 25.3 Å². The van der Waals surface area contributed by atoms with Crippen LogP contribution < -0.4 is 0 Å². The van der Waals surface area contributed by atoms with Gasteiger partial charge < -0.3 is 0 Å². The largest absolute Gasteiger partial charge is 0.292 e. The third-order valence-corrected chi connectivity index (χ3v) is 3.50. The zero-order chi connectivity index (χ0) is 12.5. The summed E-state index contributed by atoms with van der Waals surface area (Å²) < 4.78 is 1.70. The van der Waals surface area contributed by atoms with Crippen molar-refractivity contribution in [3.05, 3.63) is 52.8 Å². The number of hydrogen-bond donors (Lipinski definition) is 0. The third-order valence-electron chi connectivity index (χ3n) is 3.50. The second-order valence-electron chi connectivity index (χ2n) is 4.91. The highest BCUT2D eigenvalue weighted by molar-refractivity contribution is 5.96. The van der Waals surface area contributed by atoms with E-state index in [2.05, 4.69) is 17.2 Å². The monoisotopic (exact) mass is 240 g/mol. The molecule has 3 rings (SSSR count). The van der Waals surface area contributed by atoms with Gasteiger partial charge in [0.2, 0.25) is 0 Å². The zero-order valence-corrected chi connectivity index (χ0v) is 10.5. The van der Waals surface area contributed by atoms with Gasteiger partial charge in [-0.3, -0.25) is 9.48 Å². The molecule has 0 fully saturated rings. The van der Waals surface area contributed by atoms with Gasteiger partial charge in [-0.1, -0.05) is 12.1 Å². The number of fused-ring (bicyclic) bond motifs is 1. The SMILES string of the molecule is Cc1ccn(CC(=O)c2ccc3c(c2)CCC3)n1. The number of nitrogens with zero attached hydrogens (tertiary/aromatic N) is 2. The lowest BCUT2D eigenvalue weighted by Gasteiger charge is -2.04. The molecule has 0 N–H and O–H groups in total. The van der Waals surface area contributed by atoms with Crippen molar-refractivity contribution in [1.82, 2.24) is 9.78 Å². The zero-order valence-electron chi connectivity index (χ0n) is 10.5. The van der Waals surface area contributed by atoms with Crippen LogP contribution in [0.3, 0.4) is 0 Å². The van der Waals surface area contributed by atoms with Gasteiger partial charge in [-0.2, -0.15) is 5.10 Å². The lowest BCUT2D eigenvalue weighted by Crippen LogP contribution is -2.11. The van der Waals surface area contributed by atoms with Crippen LogP contribution in [0, 0.1) is 6.92 Å². The van der Waals surface area contributed by atoms with Crippen molar-refractivity contribution in [3.8, 4) is 0 Å². The molecule has 0 radical (unpaired) electrons. The van der Waals surface area contributed by atoms with E-state index in [1.54, 1.807) is 4.68 Å². The van der Waals surface area contributed by atoms with Crippen LogP contribution in [-0.2, 0) is 19.4 Å². The van der Waals surface area contributed by atoms with Crippen LogP contribution in [0.1, 0.15) is 33.6 Å². The molecule has 0 unspecified atom stereocenters. The van der Waals surface area contributed by atoms with Crippen LogP contribution >= 0.6 is 0 Å². The van der Waals surface area contributed by atoms with E-state index in [9.17, 15) is 4.79 Å². The molecule has 3 nitrogen and oxygen atoms in total. The van der Waals surface area contributed by atoms with Crippen LogP contribution in [0.4, 0.5) is 0 Å². The Labute approximate surface area is 106 Å². The van der Waals surface area contributed by atoms with Gasteiger partial charge in [0.15, 0.2) is 5.78 Å². The fourth-order valence-corrected chi connectivity index (χ4v) is 2.53. The van der Waals surface area contributed by atoms with Crippen LogP contribution in [0.15, 0.2) is 30.5 Å². The quantitative estimate of drug-likeness (QED) is 0.773. The molecule has 3 heteroatoms. The standard InChI is InChI=1S/C15H16N2O/c1-11-7-8-17(16-11)10-15(18)14-6-5-12-3-2-4-13(12)9-14/h5-9H,2-4,10H2,1H3. The Bertz CT molecular complexity index is 598. The Morgan fingerprint density at radius 2 is 2.11 bits per heavy atom. The van der Waals surface area contributed by atoms with Gasteiger partial charge in [0.25, 0.3) is 0 Å². The molecule has 0 saturated heterocycles. The van der Waals surface area contributed by atoms with Gasteiger partial charge in [-0.05, 0) is 49.4 Å². The number of aromatic nitrogens is 2. The Hall–Kier alpha value is -1.90. The molecule has 0 saturated carbocycles. The third kappa shape index (κ3) is 2.08. The molecule has 1 aliphatic carbocycles. The first-order valence-corrected chi connectivity index (χ1v) is 6.37. The van der Waals surface area contributed by atoms with E-state index in [0.29, 0.717) is 6.54 Å². The fraction of sp³-hybridized carbons (Fsp3) is 0.333. The van der Waals surface area contributed by atoms with Crippen LogP contribution in [-0.4, -0.2) is 15.6 Å². The Kier molecular flexibility index (Phi) is 2.74. The smallest absolute Gasteiger partial charge is 0.184 e. The van der Waals surface area contributed by atoms with Crippen LogP contribution in [0.25, 0.3) is 0 Å². The van der Waals surface area contributed by atoms with Crippen molar-refractivity contribution in [2.45, 2.75) is 32.7 Å². The van der Waals surface area contributed by atoms with Crippen molar-refractivity contribution in [1.29, 1.82) is 0 Å². The van der Waals surface area contributed by atoms with Crippen LogP contribution in [0.2, 0.25) is 0 Å². The molecular weight excluding hydrogens is 224 g/mol. The Balaban J connectivity index is 1.80. The topological polar surface area (TPSA) is 34.9 Å². The summed E-state index contributed by atoms with van der Waals surface area (Å²) in [6.45, 7) is 2.25. The average molecular weight is 240 g/mol. The molecule has 0 bridgehead atoms. The number of aryl methyl sites for hydroxylation is 3. The summed E-state index contributed by atoms with van der Waals surface area (Å²) in [7, 11) is 0. The highest BCUT2D eigenvalue weighted by Crippen LogP contribution is 2.23. The van der Waals surface area contributed by atoms with E-state index in [0.717, 1.165) is 24.1 Å². The van der Waals surface area contributed by atoms with Crippen molar-refractivity contribution in [2.24, 2.45) is 0 Å². The number of rotatable bonds is 3. The number of carbonyl (C=O) groups excluding carboxylic acids is 1. The molecule has 0 amide bonds. The Morgan fingerprint density at radius 3 is 2.89 bits per heavy atom. The van der Waals surface area contributed by atoms with E-state index in [1.165, 1.54) is 17.5 Å². The minimum absolute atomic E-state index is 0.132. The summed E-state index contributed by atoms with van der Waals surface area (Å²) in [6, 6.07) is 8.02. The van der Waals surface area contributed by atoms with Gasteiger partial charge in [0, 0.05) is 11.8 Å². The molecule has 1 heterocycles. The van der Waals surface area contributed by atoms with Gasteiger partial charge in [-0.25, -0.2) is 0 Å². The maximum atomic E-state index is 12.2. The van der Waals surface area contributed by atoms with E-state index < -0.39 is 0 Å². The molecule has 0 aliphatic heterocycles.